The number of alkyl halides is 3. The summed E-state index contributed by atoms with van der Waals surface area (Å²) in [5.74, 6) is 0. The van der Waals surface area contributed by atoms with Crippen LogP contribution in [0.4, 0.5) is 13.2 Å². The third-order valence-corrected chi connectivity index (χ3v) is 0.771. The molecule has 54 valence electrons. The molecule has 0 saturated carbocycles. The third-order valence-electron chi connectivity index (χ3n) is 0.771. The molecular weight excluding hydrogens is 147 g/mol. The molecular formula is C4H2F3N3. The average Bonchev–Trinajstić information content (AvgIpc) is 1.88. The summed E-state index contributed by atoms with van der Waals surface area (Å²) in [4.78, 5) is 3.16. The SMILES string of the molecule is FC(F)(F)c1cncnn1. The Labute approximate surface area is 53.9 Å². The number of nitrogens with zero attached hydrogens (tertiary/aromatic N) is 3. The molecule has 0 fully saturated rings. The predicted molar refractivity (Wildman–Crippen MR) is 24.8 cm³/mol. The molecule has 0 aliphatic heterocycles. The topological polar surface area (TPSA) is 38.7 Å². The van der Waals surface area contributed by atoms with Crippen molar-refractivity contribution in [1.82, 2.24) is 15.2 Å². The standard InChI is InChI=1S/C4H2F3N3/c5-4(6,7)3-1-8-2-9-10-3/h1-2H. The lowest BCUT2D eigenvalue weighted by Gasteiger charge is -2.00. The maximum absolute atomic E-state index is 11.6. The van der Waals surface area contributed by atoms with E-state index in [1.165, 1.54) is 0 Å². The lowest BCUT2D eigenvalue weighted by molar-refractivity contribution is -0.142. The third kappa shape index (κ3) is 1.40. The number of hydrogen-bond acceptors (Lipinski definition) is 3. The van der Waals surface area contributed by atoms with Gasteiger partial charge in [0.15, 0.2) is 5.69 Å². The molecule has 0 amide bonds. The Balaban J connectivity index is 2.97. The maximum atomic E-state index is 11.6. The molecule has 0 spiro atoms. The van der Waals surface area contributed by atoms with Crippen LogP contribution in [-0.4, -0.2) is 15.2 Å². The molecule has 1 aromatic heterocycles. The minimum Gasteiger partial charge on any atom is -0.241 e. The van der Waals surface area contributed by atoms with Gasteiger partial charge in [-0.2, -0.15) is 13.2 Å². The summed E-state index contributed by atoms with van der Waals surface area (Å²) in [5.41, 5.74) is -1.07. The van der Waals surface area contributed by atoms with E-state index >= 15 is 0 Å². The van der Waals surface area contributed by atoms with Crippen LogP contribution in [0.2, 0.25) is 0 Å². The van der Waals surface area contributed by atoms with E-state index in [2.05, 4.69) is 15.2 Å². The molecule has 0 unspecified atom stereocenters. The molecule has 1 heterocycles. The van der Waals surface area contributed by atoms with Crippen LogP contribution in [0, 0.1) is 0 Å². The van der Waals surface area contributed by atoms with Gasteiger partial charge in [-0.05, 0) is 0 Å². The minimum atomic E-state index is -4.44. The van der Waals surface area contributed by atoms with E-state index in [0.29, 0.717) is 6.20 Å². The van der Waals surface area contributed by atoms with E-state index in [9.17, 15) is 13.2 Å². The fourth-order valence-electron chi connectivity index (χ4n) is 0.377. The van der Waals surface area contributed by atoms with E-state index in [1.54, 1.807) is 0 Å². The number of rotatable bonds is 0. The van der Waals surface area contributed by atoms with Crippen molar-refractivity contribution >= 4 is 0 Å². The minimum absolute atomic E-state index is 0.618. The first-order chi connectivity index (χ1) is 4.61. The second kappa shape index (κ2) is 2.20. The summed E-state index contributed by atoms with van der Waals surface area (Å²) in [6, 6.07) is 0. The van der Waals surface area contributed by atoms with Gasteiger partial charge in [0.25, 0.3) is 0 Å². The van der Waals surface area contributed by atoms with Gasteiger partial charge < -0.3 is 0 Å². The zero-order valence-electron chi connectivity index (χ0n) is 4.63. The molecule has 0 N–H and O–H groups in total. The van der Waals surface area contributed by atoms with Gasteiger partial charge in [-0.1, -0.05) is 0 Å². The predicted octanol–water partition coefficient (Wildman–Crippen LogP) is 0.890. The van der Waals surface area contributed by atoms with Gasteiger partial charge in [-0.15, -0.1) is 10.2 Å². The normalized spacial score (nSPS) is 11.5. The molecule has 0 aromatic carbocycles. The van der Waals surface area contributed by atoms with Crippen molar-refractivity contribution in [3.05, 3.63) is 18.2 Å². The highest BCUT2D eigenvalue weighted by Crippen LogP contribution is 2.25. The second-order valence-corrected chi connectivity index (χ2v) is 1.49. The van der Waals surface area contributed by atoms with Crippen molar-refractivity contribution in [3.8, 4) is 0 Å². The Kier molecular flexibility index (Phi) is 1.52. The van der Waals surface area contributed by atoms with Crippen molar-refractivity contribution in [2.24, 2.45) is 0 Å². The molecule has 0 saturated heterocycles. The highest BCUT2D eigenvalue weighted by atomic mass is 19.4. The molecule has 1 rings (SSSR count). The zero-order valence-corrected chi connectivity index (χ0v) is 4.63. The van der Waals surface area contributed by atoms with Crippen molar-refractivity contribution in [2.45, 2.75) is 6.18 Å². The van der Waals surface area contributed by atoms with Crippen LogP contribution in [0.15, 0.2) is 12.5 Å². The highest BCUT2D eigenvalue weighted by Gasteiger charge is 2.33. The summed E-state index contributed by atoms with van der Waals surface area (Å²) in [7, 11) is 0. The Morgan fingerprint density at radius 3 is 2.30 bits per heavy atom. The lowest BCUT2D eigenvalue weighted by Crippen LogP contribution is -2.08. The van der Waals surface area contributed by atoms with Gasteiger partial charge in [0.05, 0.1) is 6.20 Å². The summed E-state index contributed by atoms with van der Waals surface area (Å²) >= 11 is 0. The van der Waals surface area contributed by atoms with Crippen LogP contribution in [-0.2, 0) is 6.18 Å². The van der Waals surface area contributed by atoms with E-state index < -0.39 is 11.9 Å². The smallest absolute Gasteiger partial charge is 0.241 e. The van der Waals surface area contributed by atoms with Crippen LogP contribution in [0.25, 0.3) is 0 Å². The zero-order chi connectivity index (χ0) is 7.61. The molecule has 0 bridgehead atoms. The monoisotopic (exact) mass is 149 g/mol. The number of hydrogen-bond donors (Lipinski definition) is 0. The Hall–Kier alpha value is -1.20. The van der Waals surface area contributed by atoms with Crippen LogP contribution in [0.5, 0.6) is 0 Å². The fourth-order valence-corrected chi connectivity index (χ4v) is 0.377. The molecule has 0 aliphatic rings. The molecule has 6 heteroatoms. The molecule has 0 atom stereocenters. The summed E-state index contributed by atoms with van der Waals surface area (Å²) in [6.45, 7) is 0. The van der Waals surface area contributed by atoms with Crippen LogP contribution < -0.4 is 0 Å². The van der Waals surface area contributed by atoms with Crippen molar-refractivity contribution in [3.63, 3.8) is 0 Å². The first-order valence-electron chi connectivity index (χ1n) is 2.30. The maximum Gasteiger partial charge on any atom is 0.436 e. The van der Waals surface area contributed by atoms with Gasteiger partial charge in [0.2, 0.25) is 0 Å². The first-order valence-corrected chi connectivity index (χ1v) is 2.30. The van der Waals surface area contributed by atoms with Crippen molar-refractivity contribution in [2.75, 3.05) is 0 Å². The molecule has 0 radical (unpaired) electrons. The summed E-state index contributed by atoms with van der Waals surface area (Å²) in [5, 5.41) is 5.78. The quantitative estimate of drug-likeness (QED) is 0.549. The largest absolute Gasteiger partial charge is 0.436 e. The first kappa shape index (κ1) is 6.91. The lowest BCUT2D eigenvalue weighted by atomic mass is 10.5. The Morgan fingerprint density at radius 1 is 1.30 bits per heavy atom. The summed E-state index contributed by atoms with van der Waals surface area (Å²) < 4.78 is 34.9. The van der Waals surface area contributed by atoms with E-state index in [-0.39, 0.29) is 0 Å². The van der Waals surface area contributed by atoms with E-state index in [4.69, 9.17) is 0 Å². The van der Waals surface area contributed by atoms with Crippen LogP contribution in [0.3, 0.4) is 0 Å². The molecule has 1 aromatic rings. The van der Waals surface area contributed by atoms with Crippen molar-refractivity contribution in [1.29, 1.82) is 0 Å². The Bertz CT molecular complexity index is 207. The van der Waals surface area contributed by atoms with Crippen LogP contribution in [0.1, 0.15) is 5.69 Å². The second-order valence-electron chi connectivity index (χ2n) is 1.49. The van der Waals surface area contributed by atoms with Gasteiger partial charge in [-0.3, -0.25) is 0 Å². The number of halogens is 3. The van der Waals surface area contributed by atoms with Crippen molar-refractivity contribution < 1.29 is 13.2 Å². The van der Waals surface area contributed by atoms with E-state index in [0.717, 1.165) is 6.33 Å². The molecule has 0 aliphatic carbocycles. The fraction of sp³-hybridized carbons (Fsp3) is 0.250. The Morgan fingerprint density at radius 2 is 2.00 bits per heavy atom. The van der Waals surface area contributed by atoms with Gasteiger partial charge in [0, 0.05) is 0 Å². The summed E-state index contributed by atoms with van der Waals surface area (Å²) in [6.07, 6.45) is -2.89. The average molecular weight is 149 g/mol. The molecule has 10 heavy (non-hydrogen) atoms. The molecule has 3 nitrogen and oxygen atoms in total. The van der Waals surface area contributed by atoms with Gasteiger partial charge >= 0.3 is 6.18 Å². The van der Waals surface area contributed by atoms with E-state index in [1.807, 2.05) is 0 Å². The number of aromatic nitrogens is 3. The van der Waals surface area contributed by atoms with Gasteiger partial charge in [-0.25, -0.2) is 4.98 Å². The van der Waals surface area contributed by atoms with Gasteiger partial charge in [0.1, 0.15) is 6.33 Å². The van der Waals surface area contributed by atoms with Crippen LogP contribution >= 0.6 is 0 Å². The highest BCUT2D eigenvalue weighted by molar-refractivity contribution is 4.95.